The summed E-state index contributed by atoms with van der Waals surface area (Å²) in [4.78, 5) is 16.9. The lowest BCUT2D eigenvalue weighted by Gasteiger charge is -2.60. The number of nitrogens with zero attached hydrogens (tertiary/aromatic N) is 2. The monoisotopic (exact) mass is 410 g/mol. The number of carbonyl (C=O) groups is 1. The van der Waals surface area contributed by atoms with Gasteiger partial charge in [-0.1, -0.05) is 11.6 Å². The molecule has 5 nitrogen and oxygen atoms in total. The third-order valence-corrected chi connectivity index (χ3v) is 7.71. The summed E-state index contributed by atoms with van der Waals surface area (Å²) in [7, 11) is 3.78. The number of quaternary nitrogens is 1. The van der Waals surface area contributed by atoms with Crippen LogP contribution in [0.25, 0.3) is 0 Å². The number of benzene rings is 1. The zero-order valence-electron chi connectivity index (χ0n) is 18.7. The molecule has 1 aromatic carbocycles. The number of hydrogen-bond acceptors (Lipinski definition) is 3. The van der Waals surface area contributed by atoms with Crippen LogP contribution < -0.4 is 9.64 Å². The third-order valence-electron chi connectivity index (χ3n) is 7.71. The minimum atomic E-state index is 0.0178. The second-order valence-electron chi connectivity index (χ2n) is 10.2. The Kier molecular flexibility index (Phi) is 6.06. The van der Waals surface area contributed by atoms with E-state index in [2.05, 4.69) is 37.1 Å². The van der Waals surface area contributed by atoms with E-state index in [-0.39, 0.29) is 11.4 Å². The number of nitriles is 1. The van der Waals surface area contributed by atoms with E-state index in [1.54, 1.807) is 7.11 Å². The highest BCUT2D eigenvalue weighted by atomic mass is 16.5. The molecule has 1 amide bonds. The molecule has 5 rings (SSSR count). The summed E-state index contributed by atoms with van der Waals surface area (Å²) in [6, 6.07) is 8.50. The van der Waals surface area contributed by atoms with Crippen LogP contribution in [0.2, 0.25) is 0 Å². The van der Waals surface area contributed by atoms with Crippen molar-refractivity contribution in [1.82, 2.24) is 4.90 Å². The van der Waals surface area contributed by atoms with Gasteiger partial charge >= 0.3 is 0 Å². The smallest absolute Gasteiger partial charge is 0.278 e. The average molecular weight is 411 g/mol. The van der Waals surface area contributed by atoms with Crippen LogP contribution in [0.1, 0.15) is 56.1 Å². The third kappa shape index (κ3) is 4.21. The fourth-order valence-corrected chi connectivity index (χ4v) is 6.97. The summed E-state index contributed by atoms with van der Waals surface area (Å²) in [6.45, 7) is 3.89. The molecule has 4 aliphatic carbocycles. The van der Waals surface area contributed by atoms with E-state index in [9.17, 15) is 10.1 Å². The van der Waals surface area contributed by atoms with Gasteiger partial charge in [-0.05, 0) is 75.3 Å². The number of rotatable bonds is 8. The molecule has 1 unspecified atom stereocenters. The standard InChI is InChI=1S/C25H35N3O2/c1-18-5-6-23(30-3)22(9-18)16-27(2)17-24(29)28(8-4-7-26)25-13-19-10-20(14-25)12-21(11-19)15-25/h5-6,9,19-21H,4,8,10-17H2,1-3H3/p+1. The van der Waals surface area contributed by atoms with E-state index >= 15 is 0 Å². The molecular formula is C25H36N3O2+. The number of likely N-dealkylation sites (N-methyl/N-ethyl adjacent to an activating group) is 1. The van der Waals surface area contributed by atoms with Gasteiger partial charge in [-0.3, -0.25) is 4.79 Å². The molecule has 4 aliphatic rings. The summed E-state index contributed by atoms with van der Waals surface area (Å²) in [5.41, 5.74) is 2.36. The van der Waals surface area contributed by atoms with Gasteiger partial charge in [-0.25, -0.2) is 0 Å². The van der Waals surface area contributed by atoms with Crippen molar-refractivity contribution < 1.29 is 14.4 Å². The fraction of sp³-hybridized carbons (Fsp3) is 0.680. The first-order valence-electron chi connectivity index (χ1n) is 11.5. The molecule has 1 aromatic rings. The van der Waals surface area contributed by atoms with Gasteiger partial charge in [0, 0.05) is 17.6 Å². The number of methoxy groups -OCH3 is 1. The highest BCUT2D eigenvalue weighted by Gasteiger charge is 2.54. The quantitative estimate of drug-likeness (QED) is 0.717. The van der Waals surface area contributed by atoms with E-state index in [0.717, 1.165) is 59.8 Å². The molecule has 162 valence electrons. The van der Waals surface area contributed by atoms with Crippen molar-refractivity contribution in [1.29, 1.82) is 5.26 Å². The highest BCUT2D eigenvalue weighted by molar-refractivity contribution is 5.78. The summed E-state index contributed by atoms with van der Waals surface area (Å²) >= 11 is 0. The normalized spacial score (nSPS) is 30.0. The van der Waals surface area contributed by atoms with E-state index in [1.165, 1.54) is 24.8 Å². The Hall–Kier alpha value is -2.06. The van der Waals surface area contributed by atoms with Crippen LogP contribution in [0.3, 0.4) is 0 Å². The maximum atomic E-state index is 13.6. The number of nitrogens with one attached hydrogen (secondary N) is 1. The second-order valence-corrected chi connectivity index (χ2v) is 10.2. The lowest BCUT2D eigenvalue weighted by Crippen LogP contribution is -3.09. The van der Waals surface area contributed by atoms with Crippen LogP contribution in [0.5, 0.6) is 5.75 Å². The van der Waals surface area contributed by atoms with Gasteiger partial charge in [0.05, 0.1) is 26.6 Å². The molecule has 0 spiro atoms. The van der Waals surface area contributed by atoms with Crippen molar-refractivity contribution in [2.24, 2.45) is 17.8 Å². The topological polar surface area (TPSA) is 57.8 Å². The van der Waals surface area contributed by atoms with Gasteiger partial charge in [0.1, 0.15) is 12.3 Å². The van der Waals surface area contributed by atoms with E-state index < -0.39 is 0 Å². The van der Waals surface area contributed by atoms with Crippen LogP contribution in [0.4, 0.5) is 0 Å². The molecule has 0 heterocycles. The van der Waals surface area contributed by atoms with Gasteiger partial charge in [-0.15, -0.1) is 0 Å². The van der Waals surface area contributed by atoms with Gasteiger partial charge < -0.3 is 14.5 Å². The predicted octanol–water partition coefficient (Wildman–Crippen LogP) is 2.73. The number of aryl methyl sites for hydroxylation is 1. The van der Waals surface area contributed by atoms with Crippen LogP contribution in [0.15, 0.2) is 18.2 Å². The molecule has 4 saturated carbocycles. The number of amides is 1. The minimum Gasteiger partial charge on any atom is -0.496 e. The average Bonchev–Trinajstić information content (AvgIpc) is 2.67. The molecule has 0 aromatic heterocycles. The number of ether oxygens (including phenoxy) is 1. The molecule has 5 heteroatoms. The lowest BCUT2D eigenvalue weighted by atomic mass is 9.52. The van der Waals surface area contributed by atoms with Crippen molar-refractivity contribution in [3.05, 3.63) is 29.3 Å². The van der Waals surface area contributed by atoms with Gasteiger partial charge in [0.2, 0.25) is 0 Å². The Bertz CT molecular complexity index is 793. The summed E-state index contributed by atoms with van der Waals surface area (Å²) in [5.74, 6) is 3.46. The molecule has 30 heavy (non-hydrogen) atoms. The van der Waals surface area contributed by atoms with E-state index in [4.69, 9.17) is 4.74 Å². The molecule has 0 aliphatic heterocycles. The molecule has 0 saturated heterocycles. The largest absolute Gasteiger partial charge is 0.496 e. The molecular weight excluding hydrogens is 374 g/mol. The Morgan fingerprint density at radius 2 is 1.87 bits per heavy atom. The van der Waals surface area contributed by atoms with Crippen molar-refractivity contribution in [2.75, 3.05) is 27.2 Å². The zero-order valence-corrected chi connectivity index (χ0v) is 18.7. The SMILES string of the molecule is COc1ccc(C)cc1C[NH+](C)CC(=O)N(CCC#N)C12CC3CC(CC(C3)C1)C2. The van der Waals surface area contributed by atoms with Crippen LogP contribution in [-0.2, 0) is 11.3 Å². The van der Waals surface area contributed by atoms with Crippen molar-refractivity contribution in [3.63, 3.8) is 0 Å². The van der Waals surface area contributed by atoms with Gasteiger partial charge in [0.15, 0.2) is 6.54 Å². The molecule has 4 fully saturated rings. The zero-order chi connectivity index (χ0) is 21.3. The Labute approximate surface area is 181 Å². The second kappa shape index (κ2) is 8.59. The molecule has 4 bridgehead atoms. The van der Waals surface area contributed by atoms with E-state index in [0.29, 0.717) is 19.5 Å². The Balaban J connectivity index is 1.48. The van der Waals surface area contributed by atoms with Gasteiger partial charge in [-0.2, -0.15) is 5.26 Å². The highest BCUT2D eigenvalue weighted by Crippen LogP contribution is 2.57. The molecule has 1 N–H and O–H groups in total. The lowest BCUT2D eigenvalue weighted by molar-refractivity contribution is -0.885. The first-order valence-corrected chi connectivity index (χ1v) is 11.5. The maximum Gasteiger partial charge on any atom is 0.278 e. The fourth-order valence-electron chi connectivity index (χ4n) is 6.97. The number of hydrogen-bond donors (Lipinski definition) is 1. The first kappa shape index (κ1) is 21.2. The van der Waals surface area contributed by atoms with Gasteiger partial charge in [0.25, 0.3) is 5.91 Å². The summed E-state index contributed by atoms with van der Waals surface area (Å²) in [6.07, 6.45) is 7.97. The van der Waals surface area contributed by atoms with Crippen LogP contribution in [0, 0.1) is 36.0 Å². The van der Waals surface area contributed by atoms with Crippen LogP contribution >= 0.6 is 0 Å². The predicted molar refractivity (Wildman–Crippen MR) is 116 cm³/mol. The van der Waals surface area contributed by atoms with Crippen molar-refractivity contribution in [2.45, 2.75) is 64.0 Å². The Morgan fingerprint density at radius 1 is 1.23 bits per heavy atom. The molecule has 0 radical (unpaired) electrons. The first-order chi connectivity index (χ1) is 14.4. The maximum absolute atomic E-state index is 13.6. The minimum absolute atomic E-state index is 0.0178. The summed E-state index contributed by atoms with van der Waals surface area (Å²) in [5, 5.41) is 9.23. The van der Waals surface area contributed by atoms with E-state index in [1.807, 2.05) is 6.07 Å². The Morgan fingerprint density at radius 3 is 2.43 bits per heavy atom. The van der Waals surface area contributed by atoms with Crippen LogP contribution in [-0.4, -0.2) is 43.6 Å². The van der Waals surface area contributed by atoms with Crippen molar-refractivity contribution in [3.8, 4) is 11.8 Å². The number of carbonyl (C=O) groups excluding carboxylic acids is 1. The molecule has 1 atom stereocenters. The van der Waals surface area contributed by atoms with Crippen molar-refractivity contribution >= 4 is 5.91 Å². The summed E-state index contributed by atoms with van der Waals surface area (Å²) < 4.78 is 5.53.